The van der Waals surface area contributed by atoms with Crippen molar-refractivity contribution in [2.75, 3.05) is 20.3 Å². The molecule has 0 unspecified atom stereocenters. The van der Waals surface area contributed by atoms with Crippen molar-refractivity contribution in [3.8, 4) is 11.4 Å². The predicted octanol–water partition coefficient (Wildman–Crippen LogP) is 2.71. The van der Waals surface area contributed by atoms with Gasteiger partial charge in [-0.3, -0.25) is 0 Å². The molecule has 1 heterocycles. The van der Waals surface area contributed by atoms with Crippen LogP contribution in [0.5, 0.6) is 0 Å². The summed E-state index contributed by atoms with van der Waals surface area (Å²) in [6.45, 7) is 2.11. The Hall–Kier alpha value is -1.24. The van der Waals surface area contributed by atoms with Gasteiger partial charge in [0.05, 0.1) is 6.61 Å². The van der Waals surface area contributed by atoms with Crippen LogP contribution in [0.15, 0.2) is 28.9 Å². The quantitative estimate of drug-likeness (QED) is 0.802. The van der Waals surface area contributed by atoms with Crippen molar-refractivity contribution in [1.29, 1.82) is 0 Å². The van der Waals surface area contributed by atoms with E-state index in [0.29, 0.717) is 23.4 Å². The normalized spacial score (nSPS) is 10.9. The maximum absolute atomic E-state index is 13.3. The van der Waals surface area contributed by atoms with Gasteiger partial charge < -0.3 is 15.0 Å². The molecule has 6 heteroatoms. The summed E-state index contributed by atoms with van der Waals surface area (Å²) in [7, 11) is 1.66. The van der Waals surface area contributed by atoms with Crippen LogP contribution < -0.4 is 5.32 Å². The maximum Gasteiger partial charge on any atom is 0.137 e. The largest absolute Gasteiger partial charge is 0.383 e. The number of nitrogens with one attached hydrogen (secondary N) is 2. The van der Waals surface area contributed by atoms with Gasteiger partial charge in [0.25, 0.3) is 0 Å². The Bertz CT molecular complexity index is 524. The zero-order valence-corrected chi connectivity index (χ0v) is 12.1. The van der Waals surface area contributed by atoms with Crippen LogP contribution in [0.4, 0.5) is 4.39 Å². The number of benzene rings is 1. The number of methoxy groups -OCH3 is 1. The van der Waals surface area contributed by atoms with E-state index in [1.807, 2.05) is 6.07 Å². The van der Waals surface area contributed by atoms with Gasteiger partial charge in [-0.2, -0.15) is 0 Å². The Kier molecular flexibility index (Phi) is 5.07. The number of hydrogen-bond donors (Lipinski definition) is 2. The van der Waals surface area contributed by atoms with E-state index in [0.717, 1.165) is 17.8 Å². The second-order valence-corrected chi connectivity index (χ2v) is 5.00. The van der Waals surface area contributed by atoms with E-state index in [9.17, 15) is 4.39 Å². The molecule has 102 valence electrons. The smallest absolute Gasteiger partial charge is 0.137 e. The van der Waals surface area contributed by atoms with Crippen LogP contribution >= 0.6 is 15.9 Å². The summed E-state index contributed by atoms with van der Waals surface area (Å²) >= 11 is 3.27. The number of ether oxygens (including phenoxy) is 1. The lowest BCUT2D eigenvalue weighted by Crippen LogP contribution is -2.18. The van der Waals surface area contributed by atoms with Crippen molar-refractivity contribution in [2.45, 2.75) is 6.54 Å². The molecule has 0 aliphatic rings. The molecule has 2 N–H and O–H groups in total. The summed E-state index contributed by atoms with van der Waals surface area (Å²) in [4.78, 5) is 7.41. The molecule has 1 aromatic heterocycles. The highest BCUT2D eigenvalue weighted by molar-refractivity contribution is 9.10. The van der Waals surface area contributed by atoms with Crippen molar-refractivity contribution in [3.63, 3.8) is 0 Å². The fraction of sp³-hybridized carbons (Fsp3) is 0.308. The third kappa shape index (κ3) is 4.12. The van der Waals surface area contributed by atoms with E-state index in [2.05, 4.69) is 31.2 Å². The van der Waals surface area contributed by atoms with E-state index in [1.165, 1.54) is 12.1 Å². The molecule has 2 aromatic rings. The number of rotatable bonds is 6. The predicted molar refractivity (Wildman–Crippen MR) is 75.3 cm³/mol. The van der Waals surface area contributed by atoms with Crippen LogP contribution in [0.3, 0.4) is 0 Å². The summed E-state index contributed by atoms with van der Waals surface area (Å²) in [5.74, 6) is 0.365. The fourth-order valence-corrected chi connectivity index (χ4v) is 2.15. The molecule has 2 rings (SSSR count). The van der Waals surface area contributed by atoms with E-state index >= 15 is 0 Å². The average molecular weight is 328 g/mol. The highest BCUT2D eigenvalue weighted by Gasteiger charge is 2.06. The Morgan fingerprint density at radius 2 is 2.26 bits per heavy atom. The van der Waals surface area contributed by atoms with Crippen LogP contribution in [0.25, 0.3) is 11.4 Å². The first-order valence-corrected chi connectivity index (χ1v) is 6.68. The van der Waals surface area contributed by atoms with Crippen LogP contribution in [-0.4, -0.2) is 30.2 Å². The minimum atomic E-state index is -0.291. The average Bonchev–Trinajstić information content (AvgIpc) is 2.82. The van der Waals surface area contributed by atoms with E-state index in [-0.39, 0.29) is 5.82 Å². The molecule has 0 spiro atoms. The third-order valence-corrected chi connectivity index (χ3v) is 3.02. The lowest BCUT2D eigenvalue weighted by Gasteiger charge is -2.02. The number of aromatic nitrogens is 2. The Morgan fingerprint density at radius 1 is 1.42 bits per heavy atom. The fourth-order valence-electron chi connectivity index (χ4n) is 1.68. The molecule has 4 nitrogen and oxygen atoms in total. The van der Waals surface area contributed by atoms with Crippen molar-refractivity contribution in [1.82, 2.24) is 15.3 Å². The monoisotopic (exact) mass is 327 g/mol. The summed E-state index contributed by atoms with van der Waals surface area (Å²) in [5.41, 5.74) is 1.67. The van der Waals surface area contributed by atoms with E-state index in [4.69, 9.17) is 4.74 Å². The zero-order valence-electron chi connectivity index (χ0n) is 10.5. The maximum atomic E-state index is 13.3. The van der Waals surface area contributed by atoms with Crippen LogP contribution in [-0.2, 0) is 11.3 Å². The second-order valence-electron chi connectivity index (χ2n) is 4.08. The van der Waals surface area contributed by atoms with Gasteiger partial charge in [0.15, 0.2) is 0 Å². The number of nitrogens with zero attached hydrogens (tertiary/aromatic N) is 1. The molecule has 0 radical (unpaired) electrons. The molecular formula is C13H15BrFN3O. The molecule has 0 atom stereocenters. The molecule has 0 bridgehead atoms. The first kappa shape index (κ1) is 14.2. The first-order valence-electron chi connectivity index (χ1n) is 5.89. The summed E-state index contributed by atoms with van der Waals surface area (Å²) < 4.78 is 18.9. The molecule has 0 aliphatic carbocycles. The van der Waals surface area contributed by atoms with Gasteiger partial charge in [0.2, 0.25) is 0 Å². The SMILES string of the molecule is COCCNCc1cnc(-c2cc(F)cc(Br)c2)[nH]1. The molecule has 1 aromatic carbocycles. The van der Waals surface area contributed by atoms with Gasteiger partial charge in [-0.05, 0) is 18.2 Å². The number of H-pyrrole nitrogens is 1. The third-order valence-electron chi connectivity index (χ3n) is 2.56. The summed E-state index contributed by atoms with van der Waals surface area (Å²) in [6.07, 6.45) is 1.74. The van der Waals surface area contributed by atoms with E-state index < -0.39 is 0 Å². The summed E-state index contributed by atoms with van der Waals surface area (Å²) in [5, 5.41) is 3.21. The Labute approximate surface area is 119 Å². The molecule has 19 heavy (non-hydrogen) atoms. The standard InChI is InChI=1S/C13H15BrFN3O/c1-19-3-2-16-7-12-8-17-13(18-12)9-4-10(14)6-11(15)5-9/h4-6,8,16H,2-3,7H2,1H3,(H,17,18). The minimum Gasteiger partial charge on any atom is -0.383 e. The van der Waals surface area contributed by atoms with Crippen molar-refractivity contribution in [3.05, 3.63) is 40.4 Å². The van der Waals surface area contributed by atoms with Gasteiger partial charge in [-0.15, -0.1) is 0 Å². The van der Waals surface area contributed by atoms with Gasteiger partial charge in [0, 0.05) is 42.1 Å². The Balaban J connectivity index is 2.03. The molecule has 0 fully saturated rings. The zero-order chi connectivity index (χ0) is 13.7. The molecular weight excluding hydrogens is 313 g/mol. The van der Waals surface area contributed by atoms with Crippen molar-refractivity contribution >= 4 is 15.9 Å². The number of aromatic amines is 1. The van der Waals surface area contributed by atoms with Gasteiger partial charge >= 0.3 is 0 Å². The van der Waals surface area contributed by atoms with E-state index in [1.54, 1.807) is 13.3 Å². The molecule has 0 saturated heterocycles. The lowest BCUT2D eigenvalue weighted by molar-refractivity contribution is 0.199. The number of imidazole rings is 1. The van der Waals surface area contributed by atoms with Crippen LogP contribution in [0, 0.1) is 5.82 Å². The van der Waals surface area contributed by atoms with Crippen LogP contribution in [0.1, 0.15) is 5.69 Å². The van der Waals surface area contributed by atoms with Gasteiger partial charge in [0.1, 0.15) is 11.6 Å². The first-order chi connectivity index (χ1) is 9.19. The van der Waals surface area contributed by atoms with Crippen molar-refractivity contribution in [2.24, 2.45) is 0 Å². The van der Waals surface area contributed by atoms with Gasteiger partial charge in [-0.1, -0.05) is 15.9 Å². The van der Waals surface area contributed by atoms with Crippen molar-refractivity contribution < 1.29 is 9.13 Å². The van der Waals surface area contributed by atoms with Gasteiger partial charge in [-0.25, -0.2) is 9.37 Å². The molecule has 0 saturated carbocycles. The molecule has 0 aliphatic heterocycles. The molecule has 0 amide bonds. The second kappa shape index (κ2) is 6.79. The minimum absolute atomic E-state index is 0.291. The topological polar surface area (TPSA) is 49.9 Å². The number of hydrogen-bond acceptors (Lipinski definition) is 3. The highest BCUT2D eigenvalue weighted by Crippen LogP contribution is 2.22. The van der Waals surface area contributed by atoms with Crippen LogP contribution in [0.2, 0.25) is 0 Å². The lowest BCUT2D eigenvalue weighted by atomic mass is 10.2. The summed E-state index contributed by atoms with van der Waals surface area (Å²) in [6, 6.07) is 4.69. The Morgan fingerprint density at radius 3 is 3.00 bits per heavy atom. The highest BCUT2D eigenvalue weighted by atomic mass is 79.9. The number of halogens is 2.